The molecule has 0 radical (unpaired) electrons. The molecule has 1 heterocycles. The molecule has 1 saturated heterocycles. The number of hydrogen-bond acceptors (Lipinski definition) is 1. The van der Waals surface area contributed by atoms with Crippen LogP contribution in [0.3, 0.4) is 0 Å². The van der Waals surface area contributed by atoms with Crippen LogP contribution >= 0.6 is 0 Å². The van der Waals surface area contributed by atoms with E-state index in [0.29, 0.717) is 5.92 Å². The van der Waals surface area contributed by atoms with E-state index in [1.54, 1.807) is 0 Å². The Morgan fingerprint density at radius 1 is 1.28 bits per heavy atom. The Hall–Kier alpha value is -0.960. The number of alkyl halides is 2. The van der Waals surface area contributed by atoms with Gasteiger partial charge >= 0.3 is 0 Å². The molecule has 1 aliphatic rings. The molecule has 0 saturated carbocycles. The molecule has 1 unspecified atom stereocenters. The first-order valence-electron chi connectivity index (χ1n) is 6.70. The van der Waals surface area contributed by atoms with Crippen molar-refractivity contribution in [2.45, 2.75) is 38.5 Å². The number of benzene rings is 1. The average Bonchev–Trinajstić information content (AvgIpc) is 2.31. The molecule has 1 aromatic rings. The first kappa shape index (κ1) is 13.5. The molecule has 100 valence electrons. The highest BCUT2D eigenvalue weighted by Crippen LogP contribution is 2.24. The van der Waals surface area contributed by atoms with Gasteiger partial charge in [0, 0.05) is 6.42 Å². The molecule has 1 aliphatic heterocycles. The zero-order chi connectivity index (χ0) is 13.0. The summed E-state index contributed by atoms with van der Waals surface area (Å²) in [7, 11) is 0. The highest BCUT2D eigenvalue weighted by atomic mass is 19.3. The van der Waals surface area contributed by atoms with Crippen LogP contribution in [0.1, 0.15) is 30.9 Å². The highest BCUT2D eigenvalue weighted by molar-refractivity contribution is 5.28. The molecule has 1 atom stereocenters. The Labute approximate surface area is 108 Å². The van der Waals surface area contributed by atoms with E-state index in [2.05, 4.69) is 5.32 Å². The zero-order valence-corrected chi connectivity index (χ0v) is 10.9. The molecule has 1 aromatic carbocycles. The minimum atomic E-state index is -2.62. The summed E-state index contributed by atoms with van der Waals surface area (Å²) in [5, 5.41) is 3.37. The highest BCUT2D eigenvalue weighted by Gasteiger charge is 2.24. The van der Waals surface area contributed by atoms with Gasteiger partial charge in [0.25, 0.3) is 0 Å². The molecule has 3 heteroatoms. The van der Waals surface area contributed by atoms with Crippen molar-refractivity contribution in [3.63, 3.8) is 0 Å². The SMILES string of the molecule is CC(F)(F)Cc1ccccc1CC1CCCNC1. The van der Waals surface area contributed by atoms with Crippen molar-refractivity contribution in [3.05, 3.63) is 35.4 Å². The Bertz CT molecular complexity index is 378. The molecular formula is C15H21F2N. The summed E-state index contributed by atoms with van der Waals surface area (Å²) < 4.78 is 26.3. The third-order valence-electron chi connectivity index (χ3n) is 3.53. The van der Waals surface area contributed by atoms with Crippen LogP contribution in [0.5, 0.6) is 0 Å². The van der Waals surface area contributed by atoms with Gasteiger partial charge in [-0.3, -0.25) is 0 Å². The van der Waals surface area contributed by atoms with Gasteiger partial charge in [-0.15, -0.1) is 0 Å². The van der Waals surface area contributed by atoms with Crippen LogP contribution in [-0.4, -0.2) is 19.0 Å². The first-order chi connectivity index (χ1) is 8.54. The third-order valence-corrected chi connectivity index (χ3v) is 3.53. The number of halogens is 2. The predicted octanol–water partition coefficient (Wildman–Crippen LogP) is 3.43. The molecule has 0 aliphatic carbocycles. The molecule has 0 aromatic heterocycles. The summed E-state index contributed by atoms with van der Waals surface area (Å²) in [6.07, 6.45) is 3.16. The quantitative estimate of drug-likeness (QED) is 0.867. The van der Waals surface area contributed by atoms with Crippen molar-refractivity contribution >= 4 is 0 Å². The van der Waals surface area contributed by atoms with Gasteiger partial charge in [0.05, 0.1) is 0 Å². The topological polar surface area (TPSA) is 12.0 Å². The van der Waals surface area contributed by atoms with Crippen LogP contribution in [0.15, 0.2) is 24.3 Å². The van der Waals surface area contributed by atoms with Gasteiger partial charge in [-0.1, -0.05) is 24.3 Å². The number of piperidine rings is 1. The van der Waals surface area contributed by atoms with E-state index in [4.69, 9.17) is 0 Å². The van der Waals surface area contributed by atoms with Crippen molar-refractivity contribution in [2.24, 2.45) is 5.92 Å². The maximum absolute atomic E-state index is 13.2. The van der Waals surface area contributed by atoms with Crippen molar-refractivity contribution in [2.75, 3.05) is 13.1 Å². The second-order valence-corrected chi connectivity index (χ2v) is 5.43. The fraction of sp³-hybridized carbons (Fsp3) is 0.600. The summed E-state index contributed by atoms with van der Waals surface area (Å²) in [6, 6.07) is 7.63. The van der Waals surface area contributed by atoms with Crippen molar-refractivity contribution in [1.82, 2.24) is 5.32 Å². The van der Waals surface area contributed by atoms with E-state index in [1.165, 1.54) is 12.8 Å². The van der Waals surface area contributed by atoms with Gasteiger partial charge in [-0.25, -0.2) is 8.78 Å². The number of rotatable bonds is 4. The van der Waals surface area contributed by atoms with E-state index >= 15 is 0 Å². The van der Waals surface area contributed by atoms with Gasteiger partial charge in [0.2, 0.25) is 5.92 Å². The monoisotopic (exact) mass is 253 g/mol. The maximum Gasteiger partial charge on any atom is 0.249 e. The summed E-state index contributed by atoms with van der Waals surface area (Å²) in [6.45, 7) is 3.09. The molecule has 0 spiro atoms. The van der Waals surface area contributed by atoms with Crippen LogP contribution < -0.4 is 5.32 Å². The lowest BCUT2D eigenvalue weighted by molar-refractivity contribution is 0.0223. The van der Waals surface area contributed by atoms with E-state index in [-0.39, 0.29) is 6.42 Å². The molecule has 1 N–H and O–H groups in total. The third kappa shape index (κ3) is 4.05. The Morgan fingerprint density at radius 3 is 2.61 bits per heavy atom. The van der Waals surface area contributed by atoms with Crippen LogP contribution in [0.2, 0.25) is 0 Å². The summed E-state index contributed by atoms with van der Waals surface area (Å²) in [5.41, 5.74) is 1.89. The van der Waals surface area contributed by atoms with Gasteiger partial charge < -0.3 is 5.32 Å². The van der Waals surface area contributed by atoms with Crippen LogP contribution in [0, 0.1) is 5.92 Å². The lowest BCUT2D eigenvalue weighted by Gasteiger charge is -2.24. The summed E-state index contributed by atoms with van der Waals surface area (Å²) in [5.74, 6) is -2.04. The molecule has 1 fully saturated rings. The van der Waals surface area contributed by atoms with Gasteiger partial charge in [-0.2, -0.15) is 0 Å². The number of nitrogens with one attached hydrogen (secondary N) is 1. The normalized spacial score (nSPS) is 20.9. The second kappa shape index (κ2) is 5.79. The lowest BCUT2D eigenvalue weighted by Crippen LogP contribution is -2.31. The Morgan fingerprint density at radius 2 is 2.00 bits per heavy atom. The van der Waals surface area contributed by atoms with E-state index < -0.39 is 5.92 Å². The van der Waals surface area contributed by atoms with Crippen LogP contribution in [0.4, 0.5) is 8.78 Å². The smallest absolute Gasteiger partial charge is 0.249 e. The fourth-order valence-electron chi connectivity index (χ4n) is 2.67. The molecule has 0 amide bonds. The molecule has 1 nitrogen and oxygen atoms in total. The molecular weight excluding hydrogens is 232 g/mol. The van der Waals surface area contributed by atoms with Gasteiger partial charge in [0.1, 0.15) is 0 Å². The van der Waals surface area contributed by atoms with Crippen molar-refractivity contribution in [3.8, 4) is 0 Å². The van der Waals surface area contributed by atoms with Crippen molar-refractivity contribution in [1.29, 1.82) is 0 Å². The number of hydrogen-bond donors (Lipinski definition) is 1. The fourth-order valence-corrected chi connectivity index (χ4v) is 2.67. The predicted molar refractivity (Wildman–Crippen MR) is 70.1 cm³/mol. The van der Waals surface area contributed by atoms with Gasteiger partial charge in [0.15, 0.2) is 0 Å². The molecule has 18 heavy (non-hydrogen) atoms. The first-order valence-corrected chi connectivity index (χ1v) is 6.70. The van der Waals surface area contributed by atoms with E-state index in [9.17, 15) is 8.78 Å². The molecule has 0 bridgehead atoms. The minimum absolute atomic E-state index is 0.149. The zero-order valence-electron chi connectivity index (χ0n) is 10.9. The maximum atomic E-state index is 13.2. The van der Waals surface area contributed by atoms with E-state index in [0.717, 1.165) is 37.6 Å². The largest absolute Gasteiger partial charge is 0.316 e. The Kier molecular flexibility index (Phi) is 4.33. The second-order valence-electron chi connectivity index (χ2n) is 5.43. The van der Waals surface area contributed by atoms with Gasteiger partial charge in [-0.05, 0) is 56.3 Å². The molecule has 2 rings (SSSR count). The Balaban J connectivity index is 2.06. The standard InChI is InChI=1S/C15H21F2N/c1-15(16,17)10-14-7-3-2-6-13(14)9-12-5-4-8-18-11-12/h2-3,6-7,12,18H,4-5,8-11H2,1H3. The average molecular weight is 253 g/mol. The summed E-state index contributed by atoms with van der Waals surface area (Å²) in [4.78, 5) is 0. The van der Waals surface area contributed by atoms with Crippen LogP contribution in [0.25, 0.3) is 0 Å². The minimum Gasteiger partial charge on any atom is -0.316 e. The van der Waals surface area contributed by atoms with E-state index in [1.807, 2.05) is 24.3 Å². The summed E-state index contributed by atoms with van der Waals surface area (Å²) >= 11 is 0. The lowest BCUT2D eigenvalue weighted by atomic mass is 9.89. The van der Waals surface area contributed by atoms with Crippen LogP contribution in [-0.2, 0) is 12.8 Å². The van der Waals surface area contributed by atoms with Crippen molar-refractivity contribution < 1.29 is 8.78 Å².